The predicted octanol–water partition coefficient (Wildman–Crippen LogP) is 6.17. The minimum Gasteiger partial charge on any atom is -0.323 e. The fourth-order valence-electron chi connectivity index (χ4n) is 3.05. The van der Waals surface area contributed by atoms with Gasteiger partial charge in [-0.15, -0.1) is 10.2 Å². The summed E-state index contributed by atoms with van der Waals surface area (Å²) in [5.41, 5.74) is 1.86. The number of halogens is 3. The summed E-state index contributed by atoms with van der Waals surface area (Å²) in [7, 11) is 0. The molecule has 0 bridgehead atoms. The molecule has 1 N–H and O–H groups in total. The summed E-state index contributed by atoms with van der Waals surface area (Å²) in [6.45, 7) is 0.486. The van der Waals surface area contributed by atoms with Crippen LogP contribution in [0.25, 0.3) is 11.4 Å². The third-order valence-corrected chi connectivity index (χ3v) is 6.07. The van der Waals surface area contributed by atoms with Crippen LogP contribution < -0.4 is 5.32 Å². The number of amides is 1. The Labute approximate surface area is 198 Å². The number of anilines is 1. The molecule has 3 aromatic carbocycles. The molecule has 4 aromatic rings. The van der Waals surface area contributed by atoms with E-state index in [1.165, 1.54) is 23.9 Å². The molecule has 32 heavy (non-hydrogen) atoms. The van der Waals surface area contributed by atoms with Crippen LogP contribution >= 0.6 is 35.0 Å². The van der Waals surface area contributed by atoms with E-state index in [0.29, 0.717) is 33.1 Å². The van der Waals surface area contributed by atoms with Crippen LogP contribution in [0.1, 0.15) is 5.56 Å². The van der Waals surface area contributed by atoms with Crippen molar-refractivity contribution in [2.24, 2.45) is 0 Å². The quantitative estimate of drug-likeness (QED) is 0.317. The zero-order valence-corrected chi connectivity index (χ0v) is 19.0. The van der Waals surface area contributed by atoms with E-state index in [1.54, 1.807) is 30.3 Å². The van der Waals surface area contributed by atoms with Gasteiger partial charge in [0, 0.05) is 10.6 Å². The second-order valence-corrected chi connectivity index (χ2v) is 8.60. The van der Waals surface area contributed by atoms with Crippen molar-refractivity contribution in [1.82, 2.24) is 14.8 Å². The van der Waals surface area contributed by atoms with Crippen LogP contribution in [0.5, 0.6) is 0 Å². The highest BCUT2D eigenvalue weighted by molar-refractivity contribution is 7.99. The smallest absolute Gasteiger partial charge is 0.234 e. The van der Waals surface area contributed by atoms with E-state index >= 15 is 0 Å². The Morgan fingerprint density at radius 2 is 1.75 bits per heavy atom. The molecule has 1 aromatic heterocycles. The molecule has 1 heterocycles. The van der Waals surface area contributed by atoms with Gasteiger partial charge in [0.25, 0.3) is 0 Å². The van der Waals surface area contributed by atoms with Gasteiger partial charge >= 0.3 is 0 Å². The highest BCUT2D eigenvalue weighted by Gasteiger charge is 2.18. The van der Waals surface area contributed by atoms with E-state index in [0.717, 1.165) is 5.56 Å². The lowest BCUT2D eigenvalue weighted by atomic mass is 10.2. The molecule has 0 unspecified atom stereocenters. The Bertz CT molecular complexity index is 1250. The van der Waals surface area contributed by atoms with Crippen LogP contribution in [0.15, 0.2) is 78.0 Å². The topological polar surface area (TPSA) is 59.8 Å². The van der Waals surface area contributed by atoms with Gasteiger partial charge in [0.15, 0.2) is 11.0 Å². The lowest BCUT2D eigenvalue weighted by Gasteiger charge is -2.12. The first kappa shape index (κ1) is 22.3. The summed E-state index contributed by atoms with van der Waals surface area (Å²) in [6, 6.07) is 21.0. The normalized spacial score (nSPS) is 10.8. The van der Waals surface area contributed by atoms with Gasteiger partial charge in [0.05, 0.1) is 23.0 Å². The van der Waals surface area contributed by atoms with E-state index in [-0.39, 0.29) is 17.3 Å². The molecule has 1 amide bonds. The van der Waals surface area contributed by atoms with E-state index in [1.807, 2.05) is 34.9 Å². The van der Waals surface area contributed by atoms with Gasteiger partial charge in [-0.05, 0) is 35.9 Å². The van der Waals surface area contributed by atoms with Gasteiger partial charge < -0.3 is 5.32 Å². The Kier molecular flexibility index (Phi) is 7.09. The zero-order chi connectivity index (χ0) is 22.5. The minimum atomic E-state index is -0.488. The first-order valence-corrected chi connectivity index (χ1v) is 11.3. The van der Waals surface area contributed by atoms with Gasteiger partial charge in [-0.25, -0.2) is 4.39 Å². The summed E-state index contributed by atoms with van der Waals surface area (Å²) in [6.07, 6.45) is 0. The van der Waals surface area contributed by atoms with Gasteiger partial charge in [0.1, 0.15) is 5.82 Å². The first-order valence-electron chi connectivity index (χ1n) is 9.61. The summed E-state index contributed by atoms with van der Waals surface area (Å²) < 4.78 is 15.7. The number of para-hydroxylation sites is 1. The molecule has 5 nitrogen and oxygen atoms in total. The van der Waals surface area contributed by atoms with Crippen LogP contribution in [0, 0.1) is 5.82 Å². The number of nitrogens with zero attached hydrogens (tertiary/aromatic N) is 3. The lowest BCUT2D eigenvalue weighted by Crippen LogP contribution is -2.15. The molecular weight excluding hydrogens is 470 g/mol. The molecule has 0 fully saturated rings. The second kappa shape index (κ2) is 10.2. The van der Waals surface area contributed by atoms with Crippen molar-refractivity contribution in [2.45, 2.75) is 11.7 Å². The monoisotopic (exact) mass is 486 g/mol. The molecule has 0 saturated carbocycles. The maximum atomic E-state index is 13.8. The number of nitrogens with one attached hydrogen (secondary N) is 1. The highest BCUT2D eigenvalue weighted by atomic mass is 35.5. The molecule has 9 heteroatoms. The van der Waals surface area contributed by atoms with Gasteiger partial charge in [0.2, 0.25) is 5.91 Å². The number of rotatable bonds is 7. The highest BCUT2D eigenvalue weighted by Crippen LogP contribution is 2.32. The molecule has 0 radical (unpaired) electrons. The Hall–Kier alpha value is -2.87. The van der Waals surface area contributed by atoms with Gasteiger partial charge in [-0.1, -0.05) is 77.4 Å². The van der Waals surface area contributed by atoms with Crippen molar-refractivity contribution in [2.75, 3.05) is 11.1 Å². The molecule has 0 aliphatic heterocycles. The van der Waals surface area contributed by atoms with Crippen molar-refractivity contribution < 1.29 is 9.18 Å². The Morgan fingerprint density at radius 1 is 1.00 bits per heavy atom. The predicted molar refractivity (Wildman–Crippen MR) is 127 cm³/mol. The van der Waals surface area contributed by atoms with E-state index in [9.17, 15) is 9.18 Å². The number of thioether (sulfide) groups is 1. The average molecular weight is 487 g/mol. The SMILES string of the molecule is O=C(CSc1nnc(-c2ccc(Cl)cc2Cl)n1Cc1ccccc1)Nc1ccccc1F. The molecule has 0 atom stereocenters. The van der Waals surface area contributed by atoms with Crippen LogP contribution in [0.4, 0.5) is 10.1 Å². The maximum absolute atomic E-state index is 13.8. The number of carbonyl (C=O) groups excluding carboxylic acids is 1. The summed E-state index contributed by atoms with van der Waals surface area (Å²) in [4.78, 5) is 12.4. The molecular formula is C23H17Cl2FN4OS. The number of hydrogen-bond acceptors (Lipinski definition) is 4. The molecule has 0 aliphatic carbocycles. The number of hydrogen-bond donors (Lipinski definition) is 1. The van der Waals surface area contributed by atoms with Crippen molar-refractivity contribution >= 4 is 46.6 Å². The summed E-state index contributed by atoms with van der Waals surface area (Å²) >= 11 is 13.7. The van der Waals surface area contributed by atoms with Crippen molar-refractivity contribution in [3.8, 4) is 11.4 Å². The second-order valence-electron chi connectivity index (χ2n) is 6.82. The van der Waals surface area contributed by atoms with Crippen molar-refractivity contribution in [3.63, 3.8) is 0 Å². The standard InChI is InChI=1S/C23H17Cl2FN4OS/c24-16-10-11-17(18(25)12-16)22-28-29-23(30(22)13-15-6-2-1-3-7-15)32-14-21(31)27-20-9-5-4-8-19(20)26/h1-12H,13-14H2,(H,27,31). The lowest BCUT2D eigenvalue weighted by molar-refractivity contribution is -0.113. The summed E-state index contributed by atoms with van der Waals surface area (Å²) in [5.74, 6) is -0.235. The molecule has 0 aliphatic rings. The number of aromatic nitrogens is 3. The van der Waals surface area contributed by atoms with Crippen LogP contribution in [0.3, 0.4) is 0 Å². The molecule has 4 rings (SSSR count). The maximum Gasteiger partial charge on any atom is 0.234 e. The third-order valence-electron chi connectivity index (χ3n) is 4.55. The van der Waals surface area contributed by atoms with E-state index < -0.39 is 5.82 Å². The fourth-order valence-corrected chi connectivity index (χ4v) is 4.28. The van der Waals surface area contributed by atoms with Gasteiger partial charge in [-0.3, -0.25) is 9.36 Å². The number of benzene rings is 3. The molecule has 162 valence electrons. The Balaban J connectivity index is 1.59. The van der Waals surface area contributed by atoms with Crippen LogP contribution in [-0.4, -0.2) is 26.4 Å². The van der Waals surface area contributed by atoms with Crippen molar-refractivity contribution in [3.05, 3.63) is 94.2 Å². The van der Waals surface area contributed by atoms with Crippen LogP contribution in [-0.2, 0) is 11.3 Å². The summed E-state index contributed by atoms with van der Waals surface area (Å²) in [5, 5.41) is 12.7. The fraction of sp³-hybridized carbons (Fsp3) is 0.0870. The zero-order valence-electron chi connectivity index (χ0n) is 16.6. The Morgan fingerprint density at radius 3 is 2.50 bits per heavy atom. The molecule has 0 saturated heterocycles. The molecule has 0 spiro atoms. The first-order chi connectivity index (χ1) is 15.5. The average Bonchev–Trinajstić information content (AvgIpc) is 3.17. The van der Waals surface area contributed by atoms with Crippen molar-refractivity contribution in [1.29, 1.82) is 0 Å². The third kappa shape index (κ3) is 5.30. The largest absolute Gasteiger partial charge is 0.323 e. The van der Waals surface area contributed by atoms with Gasteiger partial charge in [-0.2, -0.15) is 0 Å². The van der Waals surface area contributed by atoms with Crippen LogP contribution in [0.2, 0.25) is 10.0 Å². The van der Waals surface area contributed by atoms with E-state index in [4.69, 9.17) is 23.2 Å². The minimum absolute atomic E-state index is 0.0373. The van der Waals surface area contributed by atoms with E-state index in [2.05, 4.69) is 15.5 Å². The number of carbonyl (C=O) groups is 1.